The van der Waals surface area contributed by atoms with E-state index in [1.54, 1.807) is 25.1 Å². The number of halogens is 2. The number of carbonyl (C=O) groups is 1. The topological polar surface area (TPSA) is 101 Å². The van der Waals surface area contributed by atoms with Gasteiger partial charge in [-0.25, -0.2) is 12.8 Å². The van der Waals surface area contributed by atoms with Crippen molar-refractivity contribution in [3.63, 3.8) is 0 Å². The molecule has 1 amide bonds. The molecular weight excluding hydrogens is 441 g/mol. The standard InChI is InChI=1S/C18H15ClFN3O4S2/c1-10-18(21-11(2)24)16(27-22-10)7-4-13-5-8-17(28-13)29(25,26)23-15-6-3-12(20)9-14(15)19/h3-9,23H,1-2H3,(H,21,24)/b7-4+. The van der Waals surface area contributed by atoms with E-state index in [2.05, 4.69) is 15.2 Å². The van der Waals surface area contributed by atoms with Crippen LogP contribution < -0.4 is 10.0 Å². The van der Waals surface area contributed by atoms with E-state index in [-0.39, 0.29) is 20.8 Å². The highest BCUT2D eigenvalue weighted by molar-refractivity contribution is 7.94. The number of sulfonamides is 1. The van der Waals surface area contributed by atoms with E-state index in [9.17, 15) is 17.6 Å². The molecule has 2 heterocycles. The predicted octanol–water partition coefficient (Wildman–Crippen LogP) is 4.77. The number of nitrogens with one attached hydrogen (secondary N) is 2. The average molecular weight is 456 g/mol. The van der Waals surface area contributed by atoms with Crippen molar-refractivity contribution < 1.29 is 22.1 Å². The maximum atomic E-state index is 13.1. The lowest BCUT2D eigenvalue weighted by atomic mass is 10.2. The lowest BCUT2D eigenvalue weighted by Crippen LogP contribution is -2.11. The summed E-state index contributed by atoms with van der Waals surface area (Å²) in [6, 6.07) is 6.43. The smallest absolute Gasteiger partial charge is 0.271 e. The maximum Gasteiger partial charge on any atom is 0.271 e. The first kappa shape index (κ1) is 21.0. The monoisotopic (exact) mass is 455 g/mol. The molecular formula is C18H15ClFN3O4S2. The van der Waals surface area contributed by atoms with Crippen molar-refractivity contribution in [1.29, 1.82) is 0 Å². The highest BCUT2D eigenvalue weighted by Gasteiger charge is 2.18. The fraction of sp³-hybridized carbons (Fsp3) is 0.111. The Morgan fingerprint density at radius 1 is 1.28 bits per heavy atom. The van der Waals surface area contributed by atoms with Gasteiger partial charge in [0.25, 0.3) is 10.0 Å². The molecule has 3 rings (SSSR count). The molecule has 29 heavy (non-hydrogen) atoms. The minimum atomic E-state index is -3.90. The Balaban J connectivity index is 1.80. The van der Waals surface area contributed by atoms with Gasteiger partial charge < -0.3 is 9.84 Å². The van der Waals surface area contributed by atoms with Crippen LogP contribution in [0.1, 0.15) is 23.3 Å². The summed E-state index contributed by atoms with van der Waals surface area (Å²) in [7, 11) is -3.90. The van der Waals surface area contributed by atoms with Gasteiger partial charge in [-0.2, -0.15) is 0 Å². The maximum absolute atomic E-state index is 13.1. The first-order valence-electron chi connectivity index (χ1n) is 8.15. The Morgan fingerprint density at radius 2 is 2.03 bits per heavy atom. The number of hydrogen-bond donors (Lipinski definition) is 2. The van der Waals surface area contributed by atoms with Crippen molar-refractivity contribution in [2.24, 2.45) is 0 Å². The minimum absolute atomic E-state index is 0.0450. The summed E-state index contributed by atoms with van der Waals surface area (Å²) in [5.74, 6) is -0.490. The van der Waals surface area contributed by atoms with Crippen LogP contribution in [-0.2, 0) is 14.8 Å². The van der Waals surface area contributed by atoms with E-state index in [0.717, 1.165) is 23.5 Å². The molecule has 0 fully saturated rings. The van der Waals surface area contributed by atoms with E-state index in [1.165, 1.54) is 19.1 Å². The number of nitrogens with zero attached hydrogens (tertiary/aromatic N) is 1. The summed E-state index contributed by atoms with van der Waals surface area (Å²) < 4.78 is 45.8. The Hall–Kier alpha value is -2.69. The summed E-state index contributed by atoms with van der Waals surface area (Å²) in [6.07, 6.45) is 3.22. The number of carbonyl (C=O) groups excluding carboxylic acids is 1. The van der Waals surface area contributed by atoms with Crippen molar-refractivity contribution >= 4 is 62.4 Å². The molecule has 0 bridgehead atoms. The molecule has 0 saturated heterocycles. The van der Waals surface area contributed by atoms with Crippen molar-refractivity contribution in [3.8, 4) is 0 Å². The summed E-state index contributed by atoms with van der Waals surface area (Å²) in [5.41, 5.74) is 1.05. The summed E-state index contributed by atoms with van der Waals surface area (Å²) in [6.45, 7) is 3.06. The van der Waals surface area contributed by atoms with Crippen molar-refractivity contribution in [2.45, 2.75) is 18.1 Å². The minimum Gasteiger partial charge on any atom is -0.354 e. The van der Waals surface area contributed by atoms with E-state index in [0.29, 0.717) is 22.0 Å². The third kappa shape index (κ3) is 5.03. The van der Waals surface area contributed by atoms with Gasteiger partial charge in [0, 0.05) is 11.8 Å². The number of anilines is 2. The molecule has 2 N–H and O–H groups in total. The zero-order chi connectivity index (χ0) is 21.2. The van der Waals surface area contributed by atoms with Gasteiger partial charge >= 0.3 is 0 Å². The van der Waals surface area contributed by atoms with E-state index >= 15 is 0 Å². The van der Waals surface area contributed by atoms with Gasteiger partial charge in [0.15, 0.2) is 5.76 Å². The second kappa shape index (κ2) is 8.36. The number of benzene rings is 1. The first-order chi connectivity index (χ1) is 13.7. The second-order valence-electron chi connectivity index (χ2n) is 5.91. The van der Waals surface area contributed by atoms with Crippen LogP contribution in [0.3, 0.4) is 0 Å². The van der Waals surface area contributed by atoms with E-state index < -0.39 is 15.8 Å². The molecule has 11 heteroatoms. The van der Waals surface area contributed by atoms with Crippen LogP contribution in [0, 0.1) is 12.7 Å². The fourth-order valence-corrected chi connectivity index (χ4v) is 4.90. The first-order valence-corrected chi connectivity index (χ1v) is 10.8. The number of hydrogen-bond acceptors (Lipinski definition) is 6. The van der Waals surface area contributed by atoms with Crippen molar-refractivity contribution in [3.05, 3.63) is 57.5 Å². The van der Waals surface area contributed by atoms with Crippen LogP contribution >= 0.6 is 22.9 Å². The molecule has 0 aliphatic rings. The molecule has 0 radical (unpaired) electrons. The van der Waals surface area contributed by atoms with Crippen LogP contribution in [0.25, 0.3) is 12.2 Å². The lowest BCUT2D eigenvalue weighted by Gasteiger charge is -2.07. The van der Waals surface area contributed by atoms with Crippen molar-refractivity contribution in [2.75, 3.05) is 10.0 Å². The quantitative estimate of drug-likeness (QED) is 0.557. The van der Waals surface area contributed by atoms with Gasteiger partial charge in [-0.15, -0.1) is 11.3 Å². The normalized spacial score (nSPS) is 11.7. The highest BCUT2D eigenvalue weighted by Crippen LogP contribution is 2.29. The van der Waals surface area contributed by atoms with E-state index in [4.69, 9.17) is 16.1 Å². The zero-order valence-corrected chi connectivity index (χ0v) is 17.6. The van der Waals surface area contributed by atoms with Gasteiger partial charge in [0.05, 0.1) is 10.7 Å². The molecule has 0 spiro atoms. The molecule has 0 saturated carbocycles. The van der Waals surface area contributed by atoms with Crippen LogP contribution in [0.5, 0.6) is 0 Å². The molecule has 152 valence electrons. The average Bonchev–Trinajstić information content (AvgIpc) is 3.24. The molecule has 0 unspecified atom stereocenters. The molecule has 2 aromatic heterocycles. The number of rotatable bonds is 6. The van der Waals surface area contributed by atoms with Crippen LogP contribution in [0.4, 0.5) is 15.8 Å². The third-order valence-corrected chi connectivity index (χ3v) is 6.85. The zero-order valence-electron chi connectivity index (χ0n) is 15.2. The fourth-order valence-electron chi connectivity index (χ4n) is 2.32. The van der Waals surface area contributed by atoms with Gasteiger partial charge in [-0.05, 0) is 49.4 Å². The van der Waals surface area contributed by atoms with Gasteiger partial charge in [-0.1, -0.05) is 16.8 Å². The predicted molar refractivity (Wildman–Crippen MR) is 111 cm³/mol. The van der Waals surface area contributed by atoms with Gasteiger partial charge in [-0.3, -0.25) is 9.52 Å². The number of amides is 1. The summed E-state index contributed by atoms with van der Waals surface area (Å²) in [5, 5.41) is 6.40. The molecule has 0 atom stereocenters. The SMILES string of the molecule is CC(=O)Nc1c(C)noc1/C=C/c1ccc(S(=O)(=O)Nc2ccc(F)cc2Cl)s1. The molecule has 0 aliphatic heterocycles. The number of thiophene rings is 1. The molecule has 7 nitrogen and oxygen atoms in total. The summed E-state index contributed by atoms with van der Waals surface area (Å²) in [4.78, 5) is 11.9. The Bertz CT molecular complexity index is 1200. The molecule has 0 aliphatic carbocycles. The highest BCUT2D eigenvalue weighted by atomic mass is 35.5. The molecule has 3 aromatic rings. The third-order valence-electron chi connectivity index (χ3n) is 3.63. The number of aromatic nitrogens is 1. The summed E-state index contributed by atoms with van der Waals surface area (Å²) >= 11 is 6.89. The molecule has 1 aromatic carbocycles. The second-order valence-corrected chi connectivity index (χ2v) is 9.34. The van der Waals surface area contributed by atoms with Crippen molar-refractivity contribution in [1.82, 2.24) is 5.16 Å². The van der Waals surface area contributed by atoms with Crippen LogP contribution in [0.15, 0.2) is 39.1 Å². The van der Waals surface area contributed by atoms with Crippen LogP contribution in [0.2, 0.25) is 5.02 Å². The van der Waals surface area contributed by atoms with Crippen LogP contribution in [-0.4, -0.2) is 19.5 Å². The van der Waals surface area contributed by atoms with Gasteiger partial charge in [0.2, 0.25) is 5.91 Å². The number of aryl methyl sites for hydroxylation is 1. The van der Waals surface area contributed by atoms with E-state index in [1.807, 2.05) is 0 Å². The van der Waals surface area contributed by atoms with Gasteiger partial charge in [0.1, 0.15) is 21.4 Å². The Kier molecular flexibility index (Phi) is 6.06. The lowest BCUT2D eigenvalue weighted by molar-refractivity contribution is -0.114. The Morgan fingerprint density at radius 3 is 2.72 bits per heavy atom. The largest absolute Gasteiger partial charge is 0.354 e. The Labute approximate surface area is 175 Å².